The van der Waals surface area contributed by atoms with Crippen LogP contribution in [0.3, 0.4) is 0 Å². The fourth-order valence-electron chi connectivity index (χ4n) is 2.47. The molecule has 2 rings (SSSR count). The molecule has 8 nitrogen and oxygen atoms in total. The predicted molar refractivity (Wildman–Crippen MR) is 84.3 cm³/mol. The molecule has 0 bridgehead atoms. The van der Waals surface area contributed by atoms with Crippen LogP contribution < -0.4 is 0 Å². The lowest BCUT2D eigenvalue weighted by molar-refractivity contribution is 0.442. The van der Waals surface area contributed by atoms with E-state index in [-0.39, 0.29) is 16.7 Å². The summed E-state index contributed by atoms with van der Waals surface area (Å²) in [5.74, 6) is -1.28. The molecule has 0 aliphatic rings. The fourth-order valence-corrected chi connectivity index (χ4v) is 3.79. The SMILES string of the molecule is Cc1ccc(S(=O)(=O)O)c(O)c1-c1c(O)ccc(S(=O)(=O)O)c1C. The summed E-state index contributed by atoms with van der Waals surface area (Å²) in [4.78, 5) is -1.30. The smallest absolute Gasteiger partial charge is 0.298 e. The van der Waals surface area contributed by atoms with Gasteiger partial charge in [-0.25, -0.2) is 0 Å². The second kappa shape index (κ2) is 5.74. The monoisotopic (exact) mass is 374 g/mol. The Morgan fingerprint density at radius 3 is 1.75 bits per heavy atom. The number of aromatic hydroxyl groups is 2. The van der Waals surface area contributed by atoms with Crippen molar-refractivity contribution >= 4 is 20.2 Å². The summed E-state index contributed by atoms with van der Waals surface area (Å²) in [6.45, 7) is 2.76. The molecule has 0 aliphatic carbocycles. The third-order valence-corrected chi connectivity index (χ3v) is 5.43. The molecule has 2 aromatic rings. The maximum Gasteiger partial charge on any atom is 0.298 e. The molecule has 0 heterocycles. The minimum Gasteiger partial charge on any atom is -0.507 e. The highest BCUT2D eigenvalue weighted by molar-refractivity contribution is 7.86. The van der Waals surface area contributed by atoms with E-state index in [9.17, 15) is 31.6 Å². The Balaban J connectivity index is 2.98. The lowest BCUT2D eigenvalue weighted by atomic mass is 9.94. The fraction of sp³-hybridized carbons (Fsp3) is 0.143. The molecule has 0 radical (unpaired) electrons. The van der Waals surface area contributed by atoms with Gasteiger partial charge in [-0.3, -0.25) is 9.11 Å². The maximum atomic E-state index is 11.4. The molecule has 0 saturated heterocycles. The van der Waals surface area contributed by atoms with Crippen LogP contribution in [0, 0.1) is 13.8 Å². The summed E-state index contributed by atoms with van der Waals surface area (Å²) in [6, 6.07) is 4.21. The first-order valence-electron chi connectivity index (χ1n) is 6.46. The van der Waals surface area contributed by atoms with Crippen molar-refractivity contribution in [3.63, 3.8) is 0 Å². The number of rotatable bonds is 3. The minimum absolute atomic E-state index is 0.0941. The van der Waals surface area contributed by atoms with Crippen molar-refractivity contribution in [2.45, 2.75) is 23.6 Å². The van der Waals surface area contributed by atoms with E-state index in [4.69, 9.17) is 4.55 Å². The van der Waals surface area contributed by atoms with E-state index in [2.05, 4.69) is 0 Å². The van der Waals surface area contributed by atoms with Gasteiger partial charge < -0.3 is 10.2 Å². The van der Waals surface area contributed by atoms with Crippen LogP contribution in [0.4, 0.5) is 0 Å². The third-order valence-electron chi connectivity index (χ3n) is 3.55. The van der Waals surface area contributed by atoms with Crippen molar-refractivity contribution < 1.29 is 36.2 Å². The van der Waals surface area contributed by atoms with Crippen LogP contribution in [0.5, 0.6) is 11.5 Å². The molecule has 0 unspecified atom stereocenters. The molecule has 2 aromatic carbocycles. The molecule has 0 amide bonds. The Labute approximate surface area is 138 Å². The molecular formula is C14H14O8S2. The highest BCUT2D eigenvalue weighted by Gasteiger charge is 2.26. The van der Waals surface area contributed by atoms with Gasteiger partial charge in [0.25, 0.3) is 20.2 Å². The van der Waals surface area contributed by atoms with E-state index < -0.39 is 41.5 Å². The van der Waals surface area contributed by atoms with E-state index >= 15 is 0 Å². The summed E-state index contributed by atoms with van der Waals surface area (Å²) < 4.78 is 63.9. The third kappa shape index (κ3) is 3.08. The van der Waals surface area contributed by atoms with Crippen LogP contribution in [-0.4, -0.2) is 36.2 Å². The molecular weight excluding hydrogens is 360 g/mol. The standard InChI is InChI=1S/C14H14O8S2/c1-7-3-5-11(24(20,21)22)14(16)12(7)13-8(2)10(23(17,18)19)6-4-9(13)15/h3-6,15-16H,1-2H3,(H,17,18,19)(H,20,21,22). The second-order valence-corrected chi connectivity index (χ2v) is 7.92. The van der Waals surface area contributed by atoms with Crippen LogP contribution in [0.2, 0.25) is 0 Å². The average Bonchev–Trinajstić information content (AvgIpc) is 2.38. The highest BCUT2D eigenvalue weighted by atomic mass is 32.2. The Bertz CT molecular complexity index is 951. The van der Waals surface area contributed by atoms with Gasteiger partial charge in [-0.05, 0) is 43.2 Å². The van der Waals surface area contributed by atoms with Gasteiger partial charge in [0.15, 0.2) is 0 Å². The Hall–Kier alpha value is -2.14. The summed E-state index contributed by atoms with van der Waals surface area (Å²) in [5, 5.41) is 20.3. The largest absolute Gasteiger partial charge is 0.507 e. The lowest BCUT2D eigenvalue weighted by Crippen LogP contribution is -2.04. The zero-order valence-corrected chi connectivity index (χ0v) is 14.2. The van der Waals surface area contributed by atoms with Gasteiger partial charge in [0, 0.05) is 11.1 Å². The highest BCUT2D eigenvalue weighted by Crippen LogP contribution is 2.44. The first-order chi connectivity index (χ1) is 10.9. The van der Waals surface area contributed by atoms with Gasteiger partial charge in [-0.1, -0.05) is 6.07 Å². The Morgan fingerprint density at radius 1 is 0.750 bits per heavy atom. The average molecular weight is 374 g/mol. The van der Waals surface area contributed by atoms with E-state index in [1.807, 2.05) is 0 Å². The van der Waals surface area contributed by atoms with E-state index in [0.29, 0.717) is 5.56 Å². The molecule has 0 aliphatic heterocycles. The van der Waals surface area contributed by atoms with Crippen molar-refractivity contribution in [3.05, 3.63) is 35.4 Å². The number of phenols is 2. The van der Waals surface area contributed by atoms with E-state index in [0.717, 1.165) is 18.2 Å². The number of aryl methyl sites for hydroxylation is 1. The number of phenolic OH excluding ortho intramolecular Hbond substituents is 2. The maximum absolute atomic E-state index is 11.4. The number of hydrogen-bond donors (Lipinski definition) is 4. The van der Waals surface area contributed by atoms with Crippen molar-refractivity contribution in [1.29, 1.82) is 0 Å². The molecule has 130 valence electrons. The normalized spacial score (nSPS) is 12.3. The molecule has 24 heavy (non-hydrogen) atoms. The van der Waals surface area contributed by atoms with Crippen molar-refractivity contribution in [2.75, 3.05) is 0 Å². The van der Waals surface area contributed by atoms with Crippen molar-refractivity contribution in [3.8, 4) is 22.6 Å². The van der Waals surface area contributed by atoms with Crippen LogP contribution in [-0.2, 0) is 20.2 Å². The van der Waals surface area contributed by atoms with Gasteiger partial charge in [0.1, 0.15) is 16.4 Å². The van der Waals surface area contributed by atoms with Gasteiger partial charge in [-0.2, -0.15) is 16.8 Å². The Morgan fingerprint density at radius 2 is 1.25 bits per heavy atom. The van der Waals surface area contributed by atoms with Crippen LogP contribution in [0.1, 0.15) is 11.1 Å². The van der Waals surface area contributed by atoms with Gasteiger partial charge in [0.2, 0.25) is 0 Å². The summed E-state index contributed by atoms with van der Waals surface area (Å²) >= 11 is 0. The quantitative estimate of drug-likeness (QED) is 0.595. The predicted octanol–water partition coefficient (Wildman–Crippen LogP) is 1.88. The zero-order chi connectivity index (χ0) is 18.4. The molecule has 4 N–H and O–H groups in total. The van der Waals surface area contributed by atoms with Gasteiger partial charge in [0.05, 0.1) is 4.90 Å². The Kier molecular flexibility index (Phi) is 4.35. The molecule has 0 atom stereocenters. The second-order valence-electron chi connectivity index (χ2n) is 5.14. The summed E-state index contributed by atoms with van der Waals surface area (Å²) in [7, 11) is -9.35. The van der Waals surface area contributed by atoms with Crippen LogP contribution in [0.15, 0.2) is 34.1 Å². The molecule has 0 aromatic heterocycles. The van der Waals surface area contributed by atoms with Crippen molar-refractivity contribution in [1.82, 2.24) is 0 Å². The van der Waals surface area contributed by atoms with E-state index in [1.165, 1.54) is 19.9 Å². The summed E-state index contributed by atoms with van der Waals surface area (Å²) in [5.41, 5.74) is -0.134. The topological polar surface area (TPSA) is 149 Å². The minimum atomic E-state index is -4.74. The van der Waals surface area contributed by atoms with Crippen LogP contribution in [0.25, 0.3) is 11.1 Å². The first kappa shape index (κ1) is 18.2. The van der Waals surface area contributed by atoms with Crippen LogP contribution >= 0.6 is 0 Å². The van der Waals surface area contributed by atoms with Gasteiger partial charge in [-0.15, -0.1) is 0 Å². The van der Waals surface area contributed by atoms with Crippen molar-refractivity contribution in [2.24, 2.45) is 0 Å². The lowest BCUT2D eigenvalue weighted by Gasteiger charge is -2.16. The number of hydrogen-bond acceptors (Lipinski definition) is 6. The number of benzene rings is 2. The van der Waals surface area contributed by atoms with Gasteiger partial charge >= 0.3 is 0 Å². The molecule has 10 heteroatoms. The zero-order valence-electron chi connectivity index (χ0n) is 12.5. The molecule has 0 fully saturated rings. The summed E-state index contributed by atoms with van der Waals surface area (Å²) in [6.07, 6.45) is 0. The first-order valence-corrected chi connectivity index (χ1v) is 9.34. The van der Waals surface area contributed by atoms with E-state index in [1.54, 1.807) is 0 Å². The molecule has 0 spiro atoms. The molecule has 0 saturated carbocycles.